The molecule has 0 aromatic carbocycles. The van der Waals surface area contributed by atoms with Gasteiger partial charge < -0.3 is 14.4 Å². The minimum absolute atomic E-state index is 0.391. The van der Waals surface area contributed by atoms with Crippen LogP contribution in [0.3, 0.4) is 0 Å². The van der Waals surface area contributed by atoms with Crippen molar-refractivity contribution in [2.45, 2.75) is 43.7 Å². The highest BCUT2D eigenvalue weighted by atomic mass is 19.4. The topological polar surface area (TPSA) is 38.8 Å². The average molecular weight is 267 g/mol. The number of hydrogen-bond donors (Lipinski definition) is 0. The van der Waals surface area contributed by atoms with Crippen LogP contribution in [0.5, 0.6) is 0 Å². The van der Waals surface area contributed by atoms with E-state index in [1.54, 1.807) is 0 Å². The maximum atomic E-state index is 12.3. The Kier molecular flexibility index (Phi) is 3.55. The fourth-order valence-corrected chi connectivity index (χ4v) is 2.58. The third-order valence-electron chi connectivity index (χ3n) is 3.64. The zero-order valence-corrected chi connectivity index (χ0v) is 10.1. The van der Waals surface area contributed by atoms with Crippen molar-refractivity contribution >= 4 is 5.91 Å². The summed E-state index contributed by atoms with van der Waals surface area (Å²) >= 11 is 0. The Morgan fingerprint density at radius 2 is 1.72 bits per heavy atom. The molecule has 0 unspecified atom stereocenters. The predicted octanol–water partition coefficient (Wildman–Crippen LogP) is 1.69. The summed E-state index contributed by atoms with van der Waals surface area (Å²) in [6.45, 7) is 1.06. The third-order valence-corrected chi connectivity index (χ3v) is 3.64. The molecule has 1 aliphatic carbocycles. The summed E-state index contributed by atoms with van der Waals surface area (Å²) in [5, 5.41) is 0. The van der Waals surface area contributed by atoms with Gasteiger partial charge in [-0.1, -0.05) is 0 Å². The van der Waals surface area contributed by atoms with Gasteiger partial charge in [0, 0.05) is 25.9 Å². The number of hydrogen-bond acceptors (Lipinski definition) is 3. The van der Waals surface area contributed by atoms with Gasteiger partial charge in [0.25, 0.3) is 0 Å². The van der Waals surface area contributed by atoms with Crippen LogP contribution in [-0.4, -0.2) is 49.1 Å². The first kappa shape index (κ1) is 13.6. The van der Waals surface area contributed by atoms with E-state index in [1.165, 1.54) is 7.05 Å². The number of carbonyl (C=O) groups excluding carboxylic acids is 1. The van der Waals surface area contributed by atoms with E-state index in [-0.39, 0.29) is 0 Å². The third kappa shape index (κ3) is 2.61. The molecule has 7 heteroatoms. The van der Waals surface area contributed by atoms with E-state index < -0.39 is 23.9 Å². The van der Waals surface area contributed by atoms with Gasteiger partial charge in [-0.15, -0.1) is 0 Å². The van der Waals surface area contributed by atoms with Crippen LogP contribution in [0.4, 0.5) is 13.2 Å². The van der Waals surface area contributed by atoms with Crippen molar-refractivity contribution in [2.75, 3.05) is 20.3 Å². The largest absolute Gasteiger partial charge is 0.471 e. The van der Waals surface area contributed by atoms with Crippen LogP contribution in [0.25, 0.3) is 0 Å². The molecule has 1 saturated heterocycles. The fourth-order valence-electron chi connectivity index (χ4n) is 2.58. The number of nitrogens with zero attached hydrogens (tertiary/aromatic N) is 1. The molecule has 1 amide bonds. The fraction of sp³-hybridized carbons (Fsp3) is 0.909. The van der Waals surface area contributed by atoms with E-state index in [4.69, 9.17) is 9.47 Å². The van der Waals surface area contributed by atoms with Gasteiger partial charge in [0.1, 0.15) is 0 Å². The van der Waals surface area contributed by atoms with E-state index in [0.29, 0.717) is 38.9 Å². The maximum absolute atomic E-state index is 12.3. The van der Waals surface area contributed by atoms with Crippen molar-refractivity contribution in [1.29, 1.82) is 0 Å². The second-order valence-electron chi connectivity index (χ2n) is 4.75. The van der Waals surface area contributed by atoms with Gasteiger partial charge in [0.15, 0.2) is 5.79 Å². The second-order valence-corrected chi connectivity index (χ2v) is 4.75. The van der Waals surface area contributed by atoms with Crippen molar-refractivity contribution in [3.8, 4) is 0 Å². The first-order chi connectivity index (χ1) is 8.34. The molecule has 18 heavy (non-hydrogen) atoms. The van der Waals surface area contributed by atoms with Gasteiger partial charge in [0.2, 0.25) is 0 Å². The molecule has 1 spiro atoms. The molecule has 2 rings (SSSR count). The lowest BCUT2D eigenvalue weighted by atomic mass is 9.89. The van der Waals surface area contributed by atoms with E-state index >= 15 is 0 Å². The van der Waals surface area contributed by atoms with Crippen LogP contribution < -0.4 is 0 Å². The Labute approximate surface area is 103 Å². The molecule has 0 N–H and O–H groups in total. The van der Waals surface area contributed by atoms with Crippen molar-refractivity contribution in [1.82, 2.24) is 4.90 Å². The molecule has 0 bridgehead atoms. The molecule has 1 heterocycles. The van der Waals surface area contributed by atoms with Crippen LogP contribution >= 0.6 is 0 Å². The van der Waals surface area contributed by atoms with Gasteiger partial charge in [0.05, 0.1) is 13.2 Å². The van der Waals surface area contributed by atoms with Crippen molar-refractivity contribution < 1.29 is 27.4 Å². The highest BCUT2D eigenvalue weighted by Crippen LogP contribution is 2.37. The molecule has 104 valence electrons. The maximum Gasteiger partial charge on any atom is 0.471 e. The Morgan fingerprint density at radius 3 is 2.17 bits per heavy atom. The van der Waals surface area contributed by atoms with Gasteiger partial charge in [-0.05, 0) is 12.8 Å². The van der Waals surface area contributed by atoms with E-state index in [0.717, 1.165) is 4.90 Å². The summed E-state index contributed by atoms with van der Waals surface area (Å²) in [5.74, 6) is -2.39. The average Bonchev–Trinajstić information content (AvgIpc) is 2.75. The Balaban J connectivity index is 1.91. The van der Waals surface area contributed by atoms with E-state index in [1.807, 2.05) is 0 Å². The van der Waals surface area contributed by atoms with Crippen LogP contribution in [0.15, 0.2) is 0 Å². The summed E-state index contributed by atoms with van der Waals surface area (Å²) in [6, 6.07) is -0.391. The summed E-state index contributed by atoms with van der Waals surface area (Å²) in [7, 11) is 1.20. The normalized spacial score (nSPS) is 24.4. The quantitative estimate of drug-likeness (QED) is 0.725. The molecule has 0 radical (unpaired) electrons. The first-order valence-corrected chi connectivity index (χ1v) is 5.96. The molecule has 0 aromatic heterocycles. The lowest BCUT2D eigenvalue weighted by Crippen LogP contribution is -2.48. The van der Waals surface area contributed by atoms with Crippen LogP contribution in [0.2, 0.25) is 0 Å². The highest BCUT2D eigenvalue weighted by molar-refractivity contribution is 5.81. The first-order valence-electron chi connectivity index (χ1n) is 5.96. The van der Waals surface area contributed by atoms with Crippen molar-refractivity contribution in [3.05, 3.63) is 0 Å². The van der Waals surface area contributed by atoms with Crippen LogP contribution in [0, 0.1) is 0 Å². The number of amides is 1. The van der Waals surface area contributed by atoms with Crippen molar-refractivity contribution in [3.63, 3.8) is 0 Å². The summed E-state index contributed by atoms with van der Waals surface area (Å²) in [4.78, 5) is 11.9. The summed E-state index contributed by atoms with van der Waals surface area (Å²) < 4.78 is 47.9. The number of halogens is 3. The van der Waals surface area contributed by atoms with Crippen molar-refractivity contribution in [2.24, 2.45) is 0 Å². The van der Waals surface area contributed by atoms with Gasteiger partial charge in [-0.2, -0.15) is 13.2 Å². The lowest BCUT2D eigenvalue weighted by molar-refractivity contribution is -0.197. The zero-order chi connectivity index (χ0) is 13.4. The Hall–Kier alpha value is -0.820. The van der Waals surface area contributed by atoms with Gasteiger partial charge in [-0.25, -0.2) is 0 Å². The molecular weight excluding hydrogens is 251 g/mol. The summed E-state index contributed by atoms with van der Waals surface area (Å²) in [5.41, 5.74) is 0. The smallest absolute Gasteiger partial charge is 0.348 e. The van der Waals surface area contributed by atoms with Crippen LogP contribution in [-0.2, 0) is 14.3 Å². The minimum atomic E-state index is -4.80. The number of alkyl halides is 3. The lowest BCUT2D eigenvalue weighted by Gasteiger charge is -2.39. The number of rotatable bonds is 1. The molecule has 2 fully saturated rings. The SMILES string of the molecule is CN(C(=O)C(F)(F)F)C1CCC2(CC1)OCCO2. The Bertz CT molecular complexity index is 316. The molecule has 0 aromatic rings. The molecular formula is C11H16F3NO3. The van der Waals surface area contributed by atoms with Gasteiger partial charge >= 0.3 is 12.1 Å². The second kappa shape index (κ2) is 4.70. The summed E-state index contributed by atoms with van der Waals surface area (Å²) in [6.07, 6.45) is -2.79. The van der Waals surface area contributed by atoms with E-state index in [9.17, 15) is 18.0 Å². The number of carbonyl (C=O) groups is 1. The predicted molar refractivity (Wildman–Crippen MR) is 55.7 cm³/mol. The highest BCUT2D eigenvalue weighted by Gasteiger charge is 2.46. The van der Waals surface area contributed by atoms with E-state index in [2.05, 4.69) is 0 Å². The standard InChI is InChI=1S/C11H16F3NO3/c1-15(9(16)11(12,13)14)8-2-4-10(5-3-8)17-6-7-18-10/h8H,2-7H2,1H3. The molecule has 4 nitrogen and oxygen atoms in total. The van der Waals surface area contributed by atoms with Crippen LogP contribution in [0.1, 0.15) is 25.7 Å². The molecule has 1 aliphatic heterocycles. The Morgan fingerprint density at radius 1 is 1.22 bits per heavy atom. The molecule has 2 aliphatic rings. The monoisotopic (exact) mass is 267 g/mol. The van der Waals surface area contributed by atoms with Gasteiger partial charge in [-0.3, -0.25) is 4.79 Å². The molecule has 0 atom stereocenters. The number of ether oxygens (including phenoxy) is 2. The zero-order valence-electron chi connectivity index (χ0n) is 10.1. The molecule has 1 saturated carbocycles. The minimum Gasteiger partial charge on any atom is -0.348 e.